The number of nitrogens with one attached hydrogen (secondary N) is 1. The van der Waals surface area contributed by atoms with Crippen molar-refractivity contribution in [2.45, 2.75) is 18.4 Å². The van der Waals surface area contributed by atoms with E-state index >= 15 is 0 Å². The van der Waals surface area contributed by atoms with E-state index in [9.17, 15) is 0 Å². The molecule has 10 heavy (non-hydrogen) atoms. The third-order valence-electron chi connectivity index (χ3n) is 2.15. The highest BCUT2D eigenvalue weighted by Crippen LogP contribution is 2.18. The molecule has 1 atom stereocenters. The highest BCUT2D eigenvalue weighted by molar-refractivity contribution is 4.85. The Morgan fingerprint density at radius 3 is 2.80 bits per heavy atom. The Hall–Kier alpha value is -0.120. The lowest BCUT2D eigenvalue weighted by molar-refractivity contribution is -0.0656. The summed E-state index contributed by atoms with van der Waals surface area (Å²) in [6.07, 6.45) is 2.06. The van der Waals surface area contributed by atoms with Crippen LogP contribution >= 0.6 is 0 Å². The quantitative estimate of drug-likeness (QED) is 0.563. The van der Waals surface area contributed by atoms with Crippen molar-refractivity contribution in [2.24, 2.45) is 0 Å². The van der Waals surface area contributed by atoms with Crippen molar-refractivity contribution in [3.63, 3.8) is 0 Å². The van der Waals surface area contributed by atoms with Crippen molar-refractivity contribution in [1.82, 2.24) is 5.32 Å². The van der Waals surface area contributed by atoms with Crippen LogP contribution in [0.5, 0.6) is 0 Å². The third-order valence-corrected chi connectivity index (χ3v) is 2.15. The molecule has 1 heterocycles. The summed E-state index contributed by atoms with van der Waals surface area (Å²) in [5, 5.41) is 12.2. The standard InChI is InChI=1S/C7H15NO2/c1-10-7(6-9)3-2-4-8-5-7/h8-9H,2-6H2,1H3. The highest BCUT2D eigenvalue weighted by atomic mass is 16.5. The van der Waals surface area contributed by atoms with Crippen LogP contribution < -0.4 is 5.32 Å². The Bertz CT molecular complexity index is 93.8. The van der Waals surface area contributed by atoms with Crippen molar-refractivity contribution in [3.8, 4) is 0 Å². The molecule has 1 unspecified atom stereocenters. The molecule has 2 N–H and O–H groups in total. The van der Waals surface area contributed by atoms with E-state index in [4.69, 9.17) is 9.84 Å². The van der Waals surface area contributed by atoms with Gasteiger partial charge in [0.1, 0.15) is 5.60 Å². The number of aliphatic hydroxyl groups excluding tert-OH is 1. The summed E-state index contributed by atoms with van der Waals surface area (Å²) >= 11 is 0. The van der Waals surface area contributed by atoms with Gasteiger partial charge in [0.15, 0.2) is 0 Å². The number of hydrogen-bond donors (Lipinski definition) is 2. The molecule has 3 heteroatoms. The van der Waals surface area contributed by atoms with Gasteiger partial charge in [0.2, 0.25) is 0 Å². The van der Waals surface area contributed by atoms with Crippen LogP contribution in [0.15, 0.2) is 0 Å². The second-order valence-electron chi connectivity index (χ2n) is 2.83. The zero-order valence-electron chi connectivity index (χ0n) is 6.39. The van der Waals surface area contributed by atoms with Gasteiger partial charge >= 0.3 is 0 Å². The summed E-state index contributed by atoms with van der Waals surface area (Å²) < 4.78 is 5.22. The van der Waals surface area contributed by atoms with E-state index in [0.717, 1.165) is 25.9 Å². The van der Waals surface area contributed by atoms with Gasteiger partial charge in [-0.25, -0.2) is 0 Å². The van der Waals surface area contributed by atoms with Crippen LogP contribution in [0.1, 0.15) is 12.8 Å². The van der Waals surface area contributed by atoms with Gasteiger partial charge in [-0.15, -0.1) is 0 Å². The number of aliphatic hydroxyl groups is 1. The summed E-state index contributed by atoms with van der Waals surface area (Å²) in [7, 11) is 1.66. The Labute approximate surface area is 61.4 Å². The fraction of sp³-hybridized carbons (Fsp3) is 1.00. The van der Waals surface area contributed by atoms with Gasteiger partial charge in [-0.05, 0) is 19.4 Å². The summed E-state index contributed by atoms with van der Waals surface area (Å²) in [5.74, 6) is 0. The van der Waals surface area contributed by atoms with Gasteiger partial charge in [0.25, 0.3) is 0 Å². The molecule has 0 aromatic carbocycles. The molecule has 1 saturated heterocycles. The SMILES string of the molecule is COC1(CO)CCCNC1. The van der Waals surface area contributed by atoms with Gasteiger partial charge in [0, 0.05) is 13.7 Å². The Kier molecular flexibility index (Phi) is 2.65. The van der Waals surface area contributed by atoms with Crippen LogP contribution in [0.2, 0.25) is 0 Å². The first-order valence-electron chi connectivity index (χ1n) is 3.70. The molecule has 1 aliphatic rings. The Morgan fingerprint density at radius 1 is 1.70 bits per heavy atom. The summed E-state index contributed by atoms with van der Waals surface area (Å²) in [5.41, 5.74) is -0.293. The minimum absolute atomic E-state index is 0.122. The Balaban J connectivity index is 2.44. The summed E-state index contributed by atoms with van der Waals surface area (Å²) in [4.78, 5) is 0. The van der Waals surface area contributed by atoms with Crippen molar-refractivity contribution < 1.29 is 9.84 Å². The average molecular weight is 145 g/mol. The molecule has 0 radical (unpaired) electrons. The van der Waals surface area contributed by atoms with E-state index in [1.165, 1.54) is 0 Å². The average Bonchev–Trinajstić information content (AvgIpc) is 2.06. The second-order valence-corrected chi connectivity index (χ2v) is 2.83. The van der Waals surface area contributed by atoms with Gasteiger partial charge in [-0.3, -0.25) is 0 Å². The number of rotatable bonds is 2. The molecule has 0 amide bonds. The zero-order valence-corrected chi connectivity index (χ0v) is 6.39. The van der Waals surface area contributed by atoms with E-state index in [-0.39, 0.29) is 12.2 Å². The topological polar surface area (TPSA) is 41.5 Å². The largest absolute Gasteiger partial charge is 0.393 e. The number of hydrogen-bond acceptors (Lipinski definition) is 3. The normalized spacial score (nSPS) is 34.2. The van der Waals surface area contributed by atoms with Crippen LogP contribution in [0.25, 0.3) is 0 Å². The molecule has 1 rings (SSSR count). The maximum atomic E-state index is 8.98. The van der Waals surface area contributed by atoms with Crippen LogP contribution in [-0.4, -0.2) is 37.5 Å². The lowest BCUT2D eigenvalue weighted by Gasteiger charge is -2.34. The molecule has 0 aliphatic carbocycles. The molecular formula is C7H15NO2. The van der Waals surface area contributed by atoms with Crippen molar-refractivity contribution in [2.75, 3.05) is 26.8 Å². The summed E-state index contributed by atoms with van der Waals surface area (Å²) in [6.45, 7) is 1.95. The molecule has 0 spiro atoms. The predicted octanol–water partition coefficient (Wildman–Crippen LogP) is -0.253. The first kappa shape index (κ1) is 7.98. The molecule has 0 aromatic rings. The molecule has 0 aromatic heterocycles. The van der Waals surface area contributed by atoms with Gasteiger partial charge in [0.05, 0.1) is 6.61 Å². The number of methoxy groups -OCH3 is 1. The first-order valence-corrected chi connectivity index (χ1v) is 3.70. The van der Waals surface area contributed by atoms with E-state index in [0.29, 0.717) is 0 Å². The Morgan fingerprint density at radius 2 is 2.50 bits per heavy atom. The van der Waals surface area contributed by atoms with Crippen molar-refractivity contribution >= 4 is 0 Å². The van der Waals surface area contributed by atoms with Gasteiger partial charge < -0.3 is 15.2 Å². The lowest BCUT2D eigenvalue weighted by atomic mass is 9.95. The molecule has 1 aliphatic heterocycles. The van der Waals surface area contributed by atoms with E-state index in [2.05, 4.69) is 5.32 Å². The molecular weight excluding hydrogens is 130 g/mol. The van der Waals surface area contributed by atoms with E-state index in [1.54, 1.807) is 7.11 Å². The van der Waals surface area contributed by atoms with Crippen molar-refractivity contribution in [3.05, 3.63) is 0 Å². The van der Waals surface area contributed by atoms with Crippen LogP contribution in [0, 0.1) is 0 Å². The van der Waals surface area contributed by atoms with Gasteiger partial charge in [-0.2, -0.15) is 0 Å². The van der Waals surface area contributed by atoms with Crippen LogP contribution in [0.3, 0.4) is 0 Å². The molecule has 1 fully saturated rings. The van der Waals surface area contributed by atoms with Crippen LogP contribution in [0.4, 0.5) is 0 Å². The molecule has 3 nitrogen and oxygen atoms in total. The number of ether oxygens (including phenoxy) is 1. The van der Waals surface area contributed by atoms with E-state index in [1.807, 2.05) is 0 Å². The van der Waals surface area contributed by atoms with Crippen molar-refractivity contribution in [1.29, 1.82) is 0 Å². The van der Waals surface area contributed by atoms with Crippen LogP contribution in [-0.2, 0) is 4.74 Å². The number of piperidine rings is 1. The lowest BCUT2D eigenvalue weighted by Crippen LogP contribution is -2.49. The first-order chi connectivity index (χ1) is 4.83. The maximum absolute atomic E-state index is 8.98. The second kappa shape index (κ2) is 3.32. The molecule has 0 bridgehead atoms. The maximum Gasteiger partial charge on any atom is 0.103 e. The van der Waals surface area contributed by atoms with Gasteiger partial charge in [-0.1, -0.05) is 0 Å². The molecule has 0 saturated carbocycles. The predicted molar refractivity (Wildman–Crippen MR) is 38.9 cm³/mol. The fourth-order valence-electron chi connectivity index (χ4n) is 1.31. The summed E-state index contributed by atoms with van der Waals surface area (Å²) in [6, 6.07) is 0. The molecule has 60 valence electrons. The third kappa shape index (κ3) is 1.48. The van der Waals surface area contributed by atoms with E-state index < -0.39 is 0 Å². The zero-order chi connectivity index (χ0) is 7.45. The minimum atomic E-state index is -0.293. The minimum Gasteiger partial charge on any atom is -0.393 e. The highest BCUT2D eigenvalue weighted by Gasteiger charge is 2.30. The monoisotopic (exact) mass is 145 g/mol. The fourth-order valence-corrected chi connectivity index (χ4v) is 1.31. The smallest absolute Gasteiger partial charge is 0.103 e.